The maximum atomic E-state index is 12.0. The van der Waals surface area contributed by atoms with Gasteiger partial charge in [0.15, 0.2) is 6.29 Å². The Morgan fingerprint density at radius 2 is 2.07 bits per heavy atom. The summed E-state index contributed by atoms with van der Waals surface area (Å²) in [6, 6.07) is 2.33. The van der Waals surface area contributed by atoms with Gasteiger partial charge < -0.3 is 41.0 Å². The van der Waals surface area contributed by atoms with Crippen molar-refractivity contribution in [3.63, 3.8) is 0 Å². The van der Waals surface area contributed by atoms with E-state index in [-0.39, 0.29) is 48.6 Å². The Morgan fingerprint density at radius 1 is 1.37 bits per heavy atom. The van der Waals surface area contributed by atoms with Gasteiger partial charge >= 0.3 is 7.12 Å². The van der Waals surface area contributed by atoms with Crippen molar-refractivity contribution < 1.29 is 34.2 Å². The average molecular weight is 379 g/mol. The van der Waals surface area contributed by atoms with E-state index in [4.69, 9.17) is 20.9 Å². The third-order valence-corrected chi connectivity index (χ3v) is 4.66. The monoisotopic (exact) mass is 379 g/mol. The number of nitrogens with two attached hydrogens (primary N) is 2. The average Bonchev–Trinajstić information content (AvgIpc) is 2.56. The van der Waals surface area contributed by atoms with E-state index in [1.807, 2.05) is 0 Å². The van der Waals surface area contributed by atoms with Crippen LogP contribution in [0.2, 0.25) is 6.32 Å². The normalized spacial score (nSPS) is 17.8. The Bertz CT molecular complexity index is 739. The summed E-state index contributed by atoms with van der Waals surface area (Å²) in [4.78, 5) is 24.4. The van der Waals surface area contributed by atoms with Crippen molar-refractivity contribution in [1.82, 2.24) is 4.90 Å². The summed E-state index contributed by atoms with van der Waals surface area (Å²) in [5, 5.41) is 29.2. The highest BCUT2D eigenvalue weighted by molar-refractivity contribution is 6.44. The summed E-state index contributed by atoms with van der Waals surface area (Å²) < 4.78 is 11.1. The molecule has 11 heteroatoms. The van der Waals surface area contributed by atoms with Crippen LogP contribution in [0.3, 0.4) is 0 Å². The van der Waals surface area contributed by atoms with Crippen molar-refractivity contribution in [3.8, 4) is 11.5 Å². The second-order valence-corrected chi connectivity index (χ2v) is 6.70. The van der Waals surface area contributed by atoms with E-state index in [0.29, 0.717) is 12.7 Å². The zero-order valence-corrected chi connectivity index (χ0v) is 14.6. The molecule has 1 saturated heterocycles. The van der Waals surface area contributed by atoms with Crippen molar-refractivity contribution in [2.75, 3.05) is 13.1 Å². The molecule has 0 unspecified atom stereocenters. The summed E-state index contributed by atoms with van der Waals surface area (Å²) in [5.41, 5.74) is 11.3. The molecule has 2 heterocycles. The lowest BCUT2D eigenvalue weighted by molar-refractivity contribution is -0.141. The summed E-state index contributed by atoms with van der Waals surface area (Å²) in [6.07, 6.45) is -1.41. The Labute approximate surface area is 155 Å². The number of carbonyl (C=O) groups is 2. The first-order chi connectivity index (χ1) is 12.8. The Kier molecular flexibility index (Phi) is 5.56. The maximum absolute atomic E-state index is 12.0. The fraction of sp³-hybridized carbons (Fsp3) is 0.500. The van der Waals surface area contributed by atoms with E-state index in [1.165, 1.54) is 4.90 Å². The van der Waals surface area contributed by atoms with Gasteiger partial charge in [0.2, 0.25) is 11.8 Å². The molecular weight excluding hydrogens is 357 g/mol. The fourth-order valence-corrected chi connectivity index (χ4v) is 3.10. The lowest BCUT2D eigenvalue weighted by Gasteiger charge is -2.40. The number of hydrogen-bond acceptors (Lipinski definition) is 8. The van der Waals surface area contributed by atoms with E-state index < -0.39 is 25.4 Å². The quantitative estimate of drug-likeness (QED) is 0.276. The minimum Gasteiger partial charge on any atom is -0.535 e. The van der Waals surface area contributed by atoms with Crippen LogP contribution in [0.15, 0.2) is 12.1 Å². The van der Waals surface area contributed by atoms with Crippen molar-refractivity contribution in [2.45, 2.75) is 37.6 Å². The van der Waals surface area contributed by atoms with Gasteiger partial charge in [-0.25, -0.2) is 0 Å². The molecule has 0 radical (unpaired) electrons. The van der Waals surface area contributed by atoms with Crippen LogP contribution in [-0.2, 0) is 16.0 Å². The van der Waals surface area contributed by atoms with Crippen LogP contribution in [0, 0.1) is 0 Å². The number of aliphatic hydroxyl groups is 2. The molecule has 2 aliphatic rings. The lowest BCUT2D eigenvalue weighted by atomic mass is 9.78. The SMILES string of the molecule is NC(=O)[C@@H](N)CC(=O)N1CC(Oc2ccc3c(c2C(O)O)OB(O)CC3)C1. The number of benzene rings is 1. The number of fused-ring (bicyclic) bond motifs is 1. The lowest BCUT2D eigenvalue weighted by Crippen LogP contribution is -2.57. The second-order valence-electron chi connectivity index (χ2n) is 6.70. The van der Waals surface area contributed by atoms with Crippen LogP contribution in [0.1, 0.15) is 23.8 Å². The first-order valence-corrected chi connectivity index (χ1v) is 8.62. The Balaban J connectivity index is 1.65. The number of nitrogens with zero attached hydrogens (tertiary/aromatic N) is 1. The number of rotatable bonds is 6. The number of aliphatic hydroxyl groups excluding tert-OH is 1. The molecule has 1 aromatic carbocycles. The Hall–Kier alpha value is -2.34. The minimum atomic E-state index is -1.84. The van der Waals surface area contributed by atoms with E-state index in [9.17, 15) is 24.8 Å². The molecule has 1 atom stereocenters. The van der Waals surface area contributed by atoms with E-state index >= 15 is 0 Å². The van der Waals surface area contributed by atoms with Crippen LogP contribution < -0.4 is 20.9 Å². The molecule has 0 spiro atoms. The molecule has 7 N–H and O–H groups in total. The number of primary amides is 1. The van der Waals surface area contributed by atoms with Gasteiger partial charge in [0.25, 0.3) is 0 Å². The maximum Gasteiger partial charge on any atom is 0.522 e. The third kappa shape index (κ3) is 4.16. The first kappa shape index (κ1) is 19.4. The summed E-state index contributed by atoms with van der Waals surface area (Å²) in [5.74, 6) is -0.625. The highest BCUT2D eigenvalue weighted by Gasteiger charge is 2.35. The molecule has 1 fully saturated rings. The van der Waals surface area contributed by atoms with Crippen LogP contribution >= 0.6 is 0 Å². The summed E-state index contributed by atoms with van der Waals surface area (Å²) in [6.45, 7) is 0.539. The van der Waals surface area contributed by atoms with Crippen LogP contribution in [-0.4, -0.2) is 64.3 Å². The van der Waals surface area contributed by atoms with Gasteiger partial charge in [0.1, 0.15) is 17.6 Å². The molecule has 0 aromatic heterocycles. The van der Waals surface area contributed by atoms with Gasteiger partial charge in [0.05, 0.1) is 31.1 Å². The number of ether oxygens (including phenoxy) is 1. The van der Waals surface area contributed by atoms with Crippen LogP contribution in [0.5, 0.6) is 11.5 Å². The summed E-state index contributed by atoms with van der Waals surface area (Å²) in [7, 11) is -1.02. The zero-order chi connectivity index (χ0) is 19.7. The van der Waals surface area contributed by atoms with E-state index in [1.54, 1.807) is 12.1 Å². The predicted molar refractivity (Wildman–Crippen MR) is 93.5 cm³/mol. The highest BCUT2D eigenvalue weighted by atomic mass is 16.5. The van der Waals surface area contributed by atoms with Crippen molar-refractivity contribution in [2.24, 2.45) is 11.5 Å². The Morgan fingerprint density at radius 3 is 2.70 bits per heavy atom. The number of amides is 2. The van der Waals surface area contributed by atoms with Gasteiger partial charge in [-0.1, -0.05) is 6.07 Å². The number of aryl methyl sites for hydroxylation is 1. The van der Waals surface area contributed by atoms with Crippen molar-refractivity contribution in [3.05, 3.63) is 23.3 Å². The second kappa shape index (κ2) is 7.73. The van der Waals surface area contributed by atoms with E-state index in [0.717, 1.165) is 5.56 Å². The molecule has 0 aliphatic carbocycles. The molecule has 0 bridgehead atoms. The van der Waals surface area contributed by atoms with Crippen molar-refractivity contribution in [1.29, 1.82) is 0 Å². The largest absolute Gasteiger partial charge is 0.535 e. The molecule has 2 aliphatic heterocycles. The molecular formula is C16H22BN3O7. The molecule has 10 nitrogen and oxygen atoms in total. The smallest absolute Gasteiger partial charge is 0.522 e. The minimum absolute atomic E-state index is 0.0479. The molecule has 146 valence electrons. The first-order valence-electron chi connectivity index (χ1n) is 8.62. The summed E-state index contributed by atoms with van der Waals surface area (Å²) >= 11 is 0. The standard InChI is InChI=1S/C16H22BN3O7/c18-10(15(19)22)5-12(21)20-6-9(7-20)26-11-2-1-8-3-4-17(25)27-14(8)13(11)16(23)24/h1-2,9-10,16,23-25H,3-7,18H2,(H2,19,22)/t10-/m0/s1. The molecule has 1 aromatic rings. The predicted octanol–water partition coefficient (Wildman–Crippen LogP) is -2.12. The molecule has 0 saturated carbocycles. The molecule has 27 heavy (non-hydrogen) atoms. The van der Waals surface area contributed by atoms with Gasteiger partial charge in [-0.05, 0) is 24.4 Å². The van der Waals surface area contributed by atoms with E-state index in [2.05, 4.69) is 0 Å². The third-order valence-electron chi connectivity index (χ3n) is 4.66. The highest BCUT2D eigenvalue weighted by Crippen LogP contribution is 2.40. The van der Waals surface area contributed by atoms with Crippen molar-refractivity contribution >= 4 is 18.9 Å². The van der Waals surface area contributed by atoms with Gasteiger partial charge in [0, 0.05) is 0 Å². The van der Waals surface area contributed by atoms with Gasteiger partial charge in [-0.2, -0.15) is 0 Å². The van der Waals surface area contributed by atoms with Gasteiger partial charge in [-0.15, -0.1) is 0 Å². The zero-order valence-electron chi connectivity index (χ0n) is 14.6. The van der Waals surface area contributed by atoms with Crippen LogP contribution in [0.4, 0.5) is 0 Å². The number of carbonyl (C=O) groups excluding carboxylic acids is 2. The number of hydrogen-bond donors (Lipinski definition) is 5. The number of likely N-dealkylation sites (tertiary alicyclic amines) is 1. The molecule has 3 rings (SSSR count). The topological polar surface area (TPSA) is 169 Å². The molecule has 2 amide bonds. The van der Waals surface area contributed by atoms with Crippen LogP contribution in [0.25, 0.3) is 0 Å². The van der Waals surface area contributed by atoms with Gasteiger partial charge in [-0.3, -0.25) is 9.59 Å². The fourth-order valence-electron chi connectivity index (χ4n) is 3.10.